The first-order valence-corrected chi connectivity index (χ1v) is 12.0. The standard InChI is InChI=1S/C30H31ClO3/c1-29(2)17-18-30(3,4)26-19-22(10-15-25(26)29)27(34-24-13-11-23(31)12-14-24)16-7-20-5-8-21(9-6-20)28(32)33/h5-16,19,27H,17-18H2,1-4H3,(H,32,33)/b16-7+. The molecule has 1 unspecified atom stereocenters. The molecule has 3 nitrogen and oxygen atoms in total. The van der Waals surface area contributed by atoms with E-state index in [9.17, 15) is 4.79 Å². The quantitative estimate of drug-likeness (QED) is 0.391. The summed E-state index contributed by atoms with van der Waals surface area (Å²) in [5, 5.41) is 9.82. The Morgan fingerprint density at radius 3 is 2.15 bits per heavy atom. The van der Waals surface area contributed by atoms with E-state index in [1.54, 1.807) is 24.3 Å². The molecule has 3 aromatic carbocycles. The van der Waals surface area contributed by atoms with E-state index in [4.69, 9.17) is 21.4 Å². The van der Waals surface area contributed by atoms with Gasteiger partial charge in [-0.1, -0.05) is 75.7 Å². The molecule has 0 aromatic heterocycles. The fraction of sp³-hybridized carbons (Fsp3) is 0.300. The van der Waals surface area contributed by atoms with Crippen molar-refractivity contribution < 1.29 is 14.6 Å². The molecular weight excluding hydrogens is 444 g/mol. The van der Waals surface area contributed by atoms with Gasteiger partial charge in [-0.3, -0.25) is 0 Å². The average molecular weight is 475 g/mol. The summed E-state index contributed by atoms with van der Waals surface area (Å²) in [7, 11) is 0. The highest BCUT2D eigenvalue weighted by molar-refractivity contribution is 6.30. The topological polar surface area (TPSA) is 46.5 Å². The maximum Gasteiger partial charge on any atom is 0.335 e. The molecule has 0 amide bonds. The first-order chi connectivity index (χ1) is 16.0. The van der Waals surface area contributed by atoms with Crippen LogP contribution in [0.3, 0.4) is 0 Å². The molecule has 176 valence electrons. The minimum Gasteiger partial charge on any atom is -0.482 e. The van der Waals surface area contributed by atoms with Crippen LogP contribution in [0, 0.1) is 0 Å². The fourth-order valence-corrected chi connectivity index (χ4v) is 4.72. The van der Waals surface area contributed by atoms with Gasteiger partial charge >= 0.3 is 5.97 Å². The SMILES string of the molecule is CC1(C)CCC(C)(C)c2cc(C(/C=C/c3ccc(C(=O)O)cc3)Oc3ccc(Cl)cc3)ccc21. The van der Waals surface area contributed by atoms with Gasteiger partial charge in [-0.25, -0.2) is 4.79 Å². The number of carboxylic acids is 1. The Morgan fingerprint density at radius 2 is 1.53 bits per heavy atom. The molecule has 4 heteroatoms. The third-order valence-corrected chi connectivity index (χ3v) is 7.16. The second kappa shape index (κ2) is 9.31. The van der Waals surface area contributed by atoms with E-state index >= 15 is 0 Å². The largest absolute Gasteiger partial charge is 0.482 e. The van der Waals surface area contributed by atoms with Gasteiger partial charge < -0.3 is 9.84 Å². The second-order valence-corrected chi connectivity index (χ2v) is 10.8. The van der Waals surface area contributed by atoms with Crippen molar-refractivity contribution in [2.24, 2.45) is 0 Å². The molecule has 0 radical (unpaired) electrons. The highest BCUT2D eigenvalue weighted by Crippen LogP contribution is 2.46. The van der Waals surface area contributed by atoms with Crippen LogP contribution in [0.5, 0.6) is 5.75 Å². The molecule has 1 N–H and O–H groups in total. The van der Waals surface area contributed by atoms with Crippen molar-refractivity contribution in [2.45, 2.75) is 57.5 Å². The Hall–Kier alpha value is -3.04. The predicted molar refractivity (Wildman–Crippen MR) is 139 cm³/mol. The maximum absolute atomic E-state index is 11.2. The molecule has 0 aliphatic heterocycles. The van der Waals surface area contributed by atoms with E-state index < -0.39 is 5.97 Å². The van der Waals surface area contributed by atoms with Crippen molar-refractivity contribution in [3.05, 3.63) is 106 Å². The predicted octanol–water partition coefficient (Wildman–Crippen LogP) is 8.22. The summed E-state index contributed by atoms with van der Waals surface area (Å²) in [4.78, 5) is 11.2. The molecule has 34 heavy (non-hydrogen) atoms. The Bertz CT molecular complexity index is 1200. The molecule has 0 saturated heterocycles. The normalized spacial score (nSPS) is 17.2. The lowest BCUT2D eigenvalue weighted by Gasteiger charge is -2.42. The maximum atomic E-state index is 11.2. The van der Waals surface area contributed by atoms with Crippen LogP contribution < -0.4 is 4.74 Å². The summed E-state index contributed by atoms with van der Waals surface area (Å²) in [5.74, 6) is -0.198. The summed E-state index contributed by atoms with van der Waals surface area (Å²) in [5.41, 5.74) is 5.30. The molecule has 0 heterocycles. The average Bonchev–Trinajstić information content (AvgIpc) is 2.81. The Morgan fingerprint density at radius 1 is 0.912 bits per heavy atom. The monoisotopic (exact) mass is 474 g/mol. The van der Waals surface area contributed by atoms with Crippen LogP contribution >= 0.6 is 11.6 Å². The summed E-state index contributed by atoms with van der Waals surface area (Å²) in [6.45, 7) is 9.28. The number of carboxylic acid groups (broad SMARTS) is 1. The van der Waals surface area contributed by atoms with Crippen LogP contribution in [0.1, 0.15) is 79.3 Å². The van der Waals surface area contributed by atoms with Gasteiger partial charge in [-0.05, 0) is 88.4 Å². The number of fused-ring (bicyclic) bond motifs is 1. The molecule has 0 fully saturated rings. The van der Waals surface area contributed by atoms with E-state index in [0.717, 1.165) is 23.3 Å². The second-order valence-electron chi connectivity index (χ2n) is 10.4. The van der Waals surface area contributed by atoms with Crippen LogP contribution in [0.25, 0.3) is 6.08 Å². The van der Waals surface area contributed by atoms with Gasteiger partial charge in [0.15, 0.2) is 0 Å². The highest BCUT2D eigenvalue weighted by Gasteiger charge is 2.37. The lowest BCUT2D eigenvalue weighted by atomic mass is 9.63. The van der Waals surface area contributed by atoms with E-state index in [-0.39, 0.29) is 22.5 Å². The molecule has 3 aromatic rings. The number of rotatable bonds is 6. The van der Waals surface area contributed by atoms with Gasteiger partial charge in [0.25, 0.3) is 0 Å². The lowest BCUT2D eigenvalue weighted by Crippen LogP contribution is -2.34. The zero-order valence-electron chi connectivity index (χ0n) is 20.1. The number of halogens is 1. The van der Waals surface area contributed by atoms with Crippen molar-refractivity contribution in [2.75, 3.05) is 0 Å². The van der Waals surface area contributed by atoms with E-state index in [1.165, 1.54) is 17.5 Å². The van der Waals surface area contributed by atoms with E-state index in [0.29, 0.717) is 5.02 Å². The Balaban J connectivity index is 1.72. The van der Waals surface area contributed by atoms with Crippen LogP contribution in [-0.4, -0.2) is 11.1 Å². The van der Waals surface area contributed by atoms with Gasteiger partial charge in [0, 0.05) is 5.02 Å². The number of ether oxygens (including phenoxy) is 1. The molecule has 1 atom stereocenters. The first kappa shape index (κ1) is 24.1. The minimum absolute atomic E-state index is 0.0993. The third-order valence-electron chi connectivity index (χ3n) is 6.90. The van der Waals surface area contributed by atoms with Gasteiger partial charge in [-0.15, -0.1) is 0 Å². The van der Waals surface area contributed by atoms with Gasteiger partial charge in [0.05, 0.1) is 5.56 Å². The number of hydrogen-bond donors (Lipinski definition) is 1. The molecule has 0 saturated carbocycles. The minimum atomic E-state index is -0.931. The van der Waals surface area contributed by atoms with E-state index in [1.807, 2.05) is 36.4 Å². The zero-order valence-corrected chi connectivity index (χ0v) is 20.9. The summed E-state index contributed by atoms with van der Waals surface area (Å²) in [6, 6.07) is 20.9. The zero-order chi connectivity index (χ0) is 24.5. The van der Waals surface area contributed by atoms with Crippen molar-refractivity contribution in [1.29, 1.82) is 0 Å². The number of benzene rings is 3. The van der Waals surface area contributed by atoms with Gasteiger partial charge in [-0.2, -0.15) is 0 Å². The number of aromatic carboxylic acids is 1. The number of hydrogen-bond acceptors (Lipinski definition) is 2. The van der Waals surface area contributed by atoms with Crippen molar-refractivity contribution in [3.8, 4) is 5.75 Å². The smallest absolute Gasteiger partial charge is 0.335 e. The van der Waals surface area contributed by atoms with Crippen LogP contribution in [0.15, 0.2) is 72.8 Å². The molecular formula is C30H31ClO3. The van der Waals surface area contributed by atoms with Crippen molar-refractivity contribution in [3.63, 3.8) is 0 Å². The van der Waals surface area contributed by atoms with Gasteiger partial charge in [0.2, 0.25) is 0 Å². The van der Waals surface area contributed by atoms with Crippen molar-refractivity contribution in [1.82, 2.24) is 0 Å². The van der Waals surface area contributed by atoms with Crippen molar-refractivity contribution >= 4 is 23.6 Å². The number of carbonyl (C=O) groups is 1. The molecule has 4 rings (SSSR count). The third kappa shape index (κ3) is 5.20. The van der Waals surface area contributed by atoms with Crippen LogP contribution in [0.2, 0.25) is 5.02 Å². The van der Waals surface area contributed by atoms with Gasteiger partial charge in [0.1, 0.15) is 11.9 Å². The Kier molecular flexibility index (Phi) is 6.60. The fourth-order valence-electron chi connectivity index (χ4n) is 4.60. The molecule has 1 aliphatic carbocycles. The van der Waals surface area contributed by atoms with E-state index in [2.05, 4.69) is 45.9 Å². The van der Waals surface area contributed by atoms with Crippen LogP contribution in [0.4, 0.5) is 0 Å². The molecule has 0 bridgehead atoms. The first-order valence-electron chi connectivity index (χ1n) is 11.6. The molecule has 1 aliphatic rings. The summed E-state index contributed by atoms with van der Waals surface area (Å²) >= 11 is 6.07. The summed E-state index contributed by atoms with van der Waals surface area (Å²) in [6.07, 6.45) is 5.99. The summed E-state index contributed by atoms with van der Waals surface area (Å²) < 4.78 is 6.41. The van der Waals surface area contributed by atoms with Crippen LogP contribution in [-0.2, 0) is 10.8 Å². The Labute approximate surface area is 207 Å². The lowest BCUT2D eigenvalue weighted by molar-refractivity contribution is 0.0697. The highest BCUT2D eigenvalue weighted by atomic mass is 35.5. The molecule has 0 spiro atoms.